The van der Waals surface area contributed by atoms with Crippen LogP contribution < -0.4 is 0 Å². The third kappa shape index (κ3) is 3.22. The first-order valence-electron chi connectivity index (χ1n) is 6.27. The van der Waals surface area contributed by atoms with Crippen molar-refractivity contribution in [2.24, 2.45) is 17.8 Å². The van der Waals surface area contributed by atoms with Gasteiger partial charge in [-0.15, -0.1) is 0 Å². The predicted molar refractivity (Wildman–Crippen MR) is 65.3 cm³/mol. The van der Waals surface area contributed by atoms with Gasteiger partial charge in [-0.2, -0.15) is 5.26 Å². The van der Waals surface area contributed by atoms with Crippen LogP contribution in [0.5, 0.6) is 0 Å². The van der Waals surface area contributed by atoms with E-state index in [0.717, 1.165) is 0 Å². The third-order valence-corrected chi connectivity index (χ3v) is 3.41. The van der Waals surface area contributed by atoms with Crippen LogP contribution in [0.4, 0.5) is 0 Å². The summed E-state index contributed by atoms with van der Waals surface area (Å²) in [5.74, 6) is -1.00. The van der Waals surface area contributed by atoms with Crippen molar-refractivity contribution in [3.05, 3.63) is 0 Å². The van der Waals surface area contributed by atoms with Crippen LogP contribution in [-0.4, -0.2) is 37.0 Å². The molecule has 1 heterocycles. The lowest BCUT2D eigenvalue weighted by molar-refractivity contribution is -0.149. The summed E-state index contributed by atoms with van der Waals surface area (Å²) in [6.45, 7) is 4.80. The summed E-state index contributed by atoms with van der Waals surface area (Å²) in [5.41, 5.74) is 0. The maximum absolute atomic E-state index is 12.1. The summed E-state index contributed by atoms with van der Waals surface area (Å²) in [7, 11) is 1.38. The van der Waals surface area contributed by atoms with Crippen molar-refractivity contribution in [2.45, 2.75) is 26.7 Å². The number of ether oxygens (including phenoxy) is 1. The number of esters is 1. The second-order valence-corrected chi connectivity index (χ2v) is 4.97. The summed E-state index contributed by atoms with van der Waals surface area (Å²) in [5, 5.41) is 9.00. The maximum Gasteiger partial charge on any atom is 0.308 e. The third-order valence-electron chi connectivity index (χ3n) is 3.41. The number of rotatable bonds is 3. The van der Waals surface area contributed by atoms with Gasteiger partial charge in [0, 0.05) is 13.1 Å². The van der Waals surface area contributed by atoms with Gasteiger partial charge < -0.3 is 9.64 Å². The zero-order chi connectivity index (χ0) is 13.7. The van der Waals surface area contributed by atoms with E-state index in [4.69, 9.17) is 10.00 Å². The molecule has 0 bridgehead atoms. The molecule has 0 aliphatic carbocycles. The van der Waals surface area contributed by atoms with Gasteiger partial charge in [0.25, 0.3) is 0 Å². The first-order valence-corrected chi connectivity index (χ1v) is 6.27. The Balaban J connectivity index is 2.55. The highest BCUT2D eigenvalue weighted by Crippen LogP contribution is 2.21. The van der Waals surface area contributed by atoms with Crippen LogP contribution in [0, 0.1) is 29.1 Å². The molecule has 1 unspecified atom stereocenters. The van der Waals surface area contributed by atoms with Crippen LogP contribution in [0.1, 0.15) is 26.7 Å². The molecule has 1 rings (SSSR count). The molecule has 1 amide bonds. The topological polar surface area (TPSA) is 70.4 Å². The lowest BCUT2D eigenvalue weighted by atomic mass is 9.92. The van der Waals surface area contributed by atoms with Crippen LogP contribution in [0.3, 0.4) is 0 Å². The van der Waals surface area contributed by atoms with E-state index in [1.807, 2.05) is 13.8 Å². The van der Waals surface area contributed by atoms with E-state index in [1.54, 1.807) is 4.90 Å². The fourth-order valence-electron chi connectivity index (χ4n) is 2.19. The van der Waals surface area contributed by atoms with Gasteiger partial charge in [-0.05, 0) is 18.8 Å². The fraction of sp³-hybridized carbons (Fsp3) is 0.769. The number of carbonyl (C=O) groups is 2. The molecule has 5 nitrogen and oxygen atoms in total. The SMILES string of the molecule is COC(=O)C1CCN(C(=O)C(C#N)C(C)C)CC1. The number of hydrogen-bond acceptors (Lipinski definition) is 4. The first-order chi connectivity index (χ1) is 8.51. The van der Waals surface area contributed by atoms with Crippen molar-refractivity contribution in [1.82, 2.24) is 4.90 Å². The lowest BCUT2D eigenvalue weighted by Gasteiger charge is -2.32. The average molecular weight is 252 g/mol. The molecule has 0 aromatic rings. The number of carbonyl (C=O) groups excluding carboxylic acids is 2. The molecule has 0 N–H and O–H groups in total. The van der Waals surface area contributed by atoms with E-state index in [0.29, 0.717) is 25.9 Å². The second kappa shape index (κ2) is 6.39. The number of nitriles is 1. The van der Waals surface area contributed by atoms with Crippen molar-refractivity contribution in [3.8, 4) is 6.07 Å². The Labute approximate surface area is 108 Å². The molecule has 1 fully saturated rings. The van der Waals surface area contributed by atoms with Crippen LogP contribution in [-0.2, 0) is 14.3 Å². The van der Waals surface area contributed by atoms with Crippen molar-refractivity contribution < 1.29 is 14.3 Å². The lowest BCUT2D eigenvalue weighted by Crippen LogP contribution is -2.44. The summed E-state index contributed by atoms with van der Waals surface area (Å²) >= 11 is 0. The first kappa shape index (κ1) is 14.5. The van der Waals surface area contributed by atoms with E-state index < -0.39 is 5.92 Å². The van der Waals surface area contributed by atoms with Crippen LogP contribution in [0.15, 0.2) is 0 Å². The second-order valence-electron chi connectivity index (χ2n) is 4.97. The minimum atomic E-state index is -0.584. The zero-order valence-electron chi connectivity index (χ0n) is 11.2. The van der Waals surface area contributed by atoms with E-state index in [9.17, 15) is 9.59 Å². The Hall–Kier alpha value is -1.57. The van der Waals surface area contributed by atoms with Gasteiger partial charge in [-0.25, -0.2) is 0 Å². The Kier molecular flexibility index (Phi) is 5.14. The largest absolute Gasteiger partial charge is 0.469 e. The van der Waals surface area contributed by atoms with Crippen molar-refractivity contribution >= 4 is 11.9 Å². The zero-order valence-corrected chi connectivity index (χ0v) is 11.2. The Morgan fingerprint density at radius 3 is 2.28 bits per heavy atom. The molecule has 0 radical (unpaired) electrons. The molecule has 0 saturated carbocycles. The van der Waals surface area contributed by atoms with Crippen LogP contribution >= 0.6 is 0 Å². The normalized spacial score (nSPS) is 18.3. The quantitative estimate of drug-likeness (QED) is 0.707. The molecule has 100 valence electrons. The van der Waals surface area contributed by atoms with Gasteiger partial charge in [-0.1, -0.05) is 13.8 Å². The number of amides is 1. The van der Waals surface area contributed by atoms with E-state index >= 15 is 0 Å². The molecular weight excluding hydrogens is 232 g/mol. The van der Waals surface area contributed by atoms with Crippen LogP contribution in [0.25, 0.3) is 0 Å². The Morgan fingerprint density at radius 2 is 1.89 bits per heavy atom. The molecule has 1 aliphatic rings. The molecule has 1 aliphatic heterocycles. The summed E-state index contributed by atoms with van der Waals surface area (Å²) in [6.07, 6.45) is 1.24. The fourth-order valence-corrected chi connectivity index (χ4v) is 2.19. The molecule has 1 saturated heterocycles. The smallest absolute Gasteiger partial charge is 0.308 e. The average Bonchev–Trinajstić information content (AvgIpc) is 2.38. The predicted octanol–water partition coefficient (Wildman–Crippen LogP) is 1.19. The minimum Gasteiger partial charge on any atom is -0.469 e. The summed E-state index contributed by atoms with van der Waals surface area (Å²) in [6, 6.07) is 2.06. The van der Waals surface area contributed by atoms with E-state index in [-0.39, 0.29) is 23.7 Å². The van der Waals surface area contributed by atoms with E-state index in [2.05, 4.69) is 6.07 Å². The van der Waals surface area contributed by atoms with Crippen molar-refractivity contribution in [1.29, 1.82) is 5.26 Å². The minimum absolute atomic E-state index is 0.0147. The summed E-state index contributed by atoms with van der Waals surface area (Å²) in [4.78, 5) is 25.2. The highest BCUT2D eigenvalue weighted by atomic mass is 16.5. The summed E-state index contributed by atoms with van der Waals surface area (Å²) < 4.78 is 4.70. The molecule has 0 aromatic heterocycles. The molecule has 0 aromatic carbocycles. The number of methoxy groups -OCH3 is 1. The monoisotopic (exact) mass is 252 g/mol. The molecule has 18 heavy (non-hydrogen) atoms. The number of likely N-dealkylation sites (tertiary alicyclic amines) is 1. The Morgan fingerprint density at radius 1 is 1.33 bits per heavy atom. The standard InChI is InChI=1S/C13H20N2O3/c1-9(2)11(8-14)12(16)15-6-4-10(5-7-15)13(17)18-3/h9-11H,4-7H2,1-3H3. The van der Waals surface area contributed by atoms with E-state index in [1.165, 1.54) is 7.11 Å². The van der Waals surface area contributed by atoms with Gasteiger partial charge in [-0.3, -0.25) is 9.59 Å². The van der Waals surface area contributed by atoms with Crippen molar-refractivity contribution in [3.63, 3.8) is 0 Å². The number of nitrogens with zero attached hydrogens (tertiary/aromatic N) is 2. The number of hydrogen-bond donors (Lipinski definition) is 0. The Bertz CT molecular complexity index is 352. The van der Waals surface area contributed by atoms with Crippen LogP contribution in [0.2, 0.25) is 0 Å². The maximum atomic E-state index is 12.1. The van der Waals surface area contributed by atoms with Gasteiger partial charge >= 0.3 is 5.97 Å². The molecule has 5 heteroatoms. The van der Waals surface area contributed by atoms with Gasteiger partial charge in [0.2, 0.25) is 5.91 Å². The highest BCUT2D eigenvalue weighted by molar-refractivity contribution is 5.82. The van der Waals surface area contributed by atoms with Crippen molar-refractivity contribution in [2.75, 3.05) is 20.2 Å². The van der Waals surface area contributed by atoms with Gasteiger partial charge in [0.05, 0.1) is 19.1 Å². The molecular formula is C13H20N2O3. The van der Waals surface area contributed by atoms with Gasteiger partial charge in [0.15, 0.2) is 0 Å². The number of piperidine rings is 1. The highest BCUT2D eigenvalue weighted by Gasteiger charge is 2.32. The van der Waals surface area contributed by atoms with Gasteiger partial charge in [0.1, 0.15) is 5.92 Å². The molecule has 0 spiro atoms. The molecule has 1 atom stereocenters.